The van der Waals surface area contributed by atoms with E-state index < -0.39 is 10.0 Å². The number of nitrogens with zero attached hydrogens (tertiary/aromatic N) is 1. The van der Waals surface area contributed by atoms with Gasteiger partial charge in [0.2, 0.25) is 15.9 Å². The molecule has 1 saturated heterocycles. The summed E-state index contributed by atoms with van der Waals surface area (Å²) in [4.78, 5) is 12.7. The van der Waals surface area contributed by atoms with Crippen molar-refractivity contribution >= 4 is 27.5 Å². The zero-order valence-electron chi connectivity index (χ0n) is 16.6. The molecule has 1 aliphatic rings. The van der Waals surface area contributed by atoms with Crippen molar-refractivity contribution in [3.63, 3.8) is 0 Å². The average Bonchev–Trinajstić information content (AvgIpc) is 2.72. The second-order valence-electron chi connectivity index (χ2n) is 7.44. The molecule has 0 radical (unpaired) electrons. The summed E-state index contributed by atoms with van der Waals surface area (Å²) in [5, 5.41) is 3.66. The maximum Gasteiger partial charge on any atom is 0.223 e. The first-order valence-electron chi connectivity index (χ1n) is 9.96. The number of sulfonamides is 1. The molecule has 0 aromatic heterocycles. The molecular weight excluding hydrogens is 408 g/mol. The van der Waals surface area contributed by atoms with E-state index >= 15 is 0 Å². The number of benzene rings is 2. The maximum atomic E-state index is 12.7. The van der Waals surface area contributed by atoms with Crippen LogP contribution in [-0.4, -0.2) is 31.7 Å². The quantitative estimate of drug-likeness (QED) is 0.711. The molecule has 0 spiro atoms. The molecule has 1 heterocycles. The first kappa shape index (κ1) is 21.8. The molecule has 1 aliphatic heterocycles. The highest BCUT2D eigenvalue weighted by Gasteiger charge is 2.31. The third-order valence-electron chi connectivity index (χ3n) is 5.38. The molecule has 1 amide bonds. The van der Waals surface area contributed by atoms with E-state index in [-0.39, 0.29) is 23.6 Å². The predicted octanol–water partition coefficient (Wildman–Crippen LogP) is 4.15. The Morgan fingerprint density at radius 3 is 2.45 bits per heavy atom. The number of halogens is 1. The molecule has 3 rings (SSSR count). The van der Waals surface area contributed by atoms with Crippen LogP contribution in [0.4, 0.5) is 0 Å². The van der Waals surface area contributed by atoms with Gasteiger partial charge >= 0.3 is 0 Å². The second-order valence-corrected chi connectivity index (χ2v) is 9.84. The Hall–Kier alpha value is -1.89. The molecule has 156 valence electrons. The zero-order chi connectivity index (χ0) is 20.9. The van der Waals surface area contributed by atoms with Crippen LogP contribution in [-0.2, 0) is 20.6 Å². The highest BCUT2D eigenvalue weighted by atomic mass is 35.5. The molecule has 0 unspecified atom stereocenters. The van der Waals surface area contributed by atoms with Crippen LogP contribution in [0.3, 0.4) is 0 Å². The molecule has 0 saturated carbocycles. The molecule has 29 heavy (non-hydrogen) atoms. The van der Waals surface area contributed by atoms with Gasteiger partial charge in [0.15, 0.2) is 0 Å². The fraction of sp³-hybridized carbons (Fsp3) is 0.409. The number of rotatable bonds is 7. The largest absolute Gasteiger partial charge is 0.349 e. The zero-order valence-corrected chi connectivity index (χ0v) is 18.1. The second kappa shape index (κ2) is 9.74. The van der Waals surface area contributed by atoms with Gasteiger partial charge in [0.25, 0.3) is 0 Å². The van der Waals surface area contributed by atoms with Crippen LogP contribution < -0.4 is 5.32 Å². The lowest BCUT2D eigenvalue weighted by Crippen LogP contribution is -2.44. The Kier molecular flexibility index (Phi) is 7.33. The van der Waals surface area contributed by atoms with Gasteiger partial charge in [-0.05, 0) is 42.5 Å². The lowest BCUT2D eigenvalue weighted by Gasteiger charge is -2.31. The van der Waals surface area contributed by atoms with Gasteiger partial charge < -0.3 is 5.32 Å². The van der Waals surface area contributed by atoms with Crippen molar-refractivity contribution in [3.8, 4) is 0 Å². The summed E-state index contributed by atoms with van der Waals surface area (Å²) in [6.45, 7) is 2.77. The highest BCUT2D eigenvalue weighted by molar-refractivity contribution is 7.88. The van der Waals surface area contributed by atoms with Crippen molar-refractivity contribution in [2.45, 2.75) is 38.0 Å². The van der Waals surface area contributed by atoms with Crippen LogP contribution in [0.5, 0.6) is 0 Å². The van der Waals surface area contributed by atoms with Crippen LogP contribution in [0.25, 0.3) is 0 Å². The van der Waals surface area contributed by atoms with Crippen LogP contribution in [0.15, 0.2) is 54.6 Å². The smallest absolute Gasteiger partial charge is 0.223 e. The van der Waals surface area contributed by atoms with Gasteiger partial charge in [-0.2, -0.15) is 0 Å². The van der Waals surface area contributed by atoms with E-state index in [1.54, 1.807) is 24.3 Å². The Balaban J connectivity index is 1.56. The summed E-state index contributed by atoms with van der Waals surface area (Å²) in [5.74, 6) is -0.228. The summed E-state index contributed by atoms with van der Waals surface area (Å²) in [7, 11) is -3.43. The van der Waals surface area contributed by atoms with E-state index in [9.17, 15) is 13.2 Å². The molecule has 1 N–H and O–H groups in total. The minimum absolute atomic E-state index is 0.00703. The number of nitrogens with one attached hydrogen (secondary N) is 1. The summed E-state index contributed by atoms with van der Waals surface area (Å²) >= 11 is 5.96. The van der Waals surface area contributed by atoms with Gasteiger partial charge in [0.05, 0.1) is 11.8 Å². The Labute approximate surface area is 178 Å². The molecule has 0 bridgehead atoms. The van der Waals surface area contributed by atoms with Crippen molar-refractivity contribution in [2.75, 3.05) is 13.1 Å². The highest BCUT2D eigenvalue weighted by Crippen LogP contribution is 2.24. The molecule has 0 aliphatic carbocycles. The molecule has 7 heteroatoms. The fourth-order valence-corrected chi connectivity index (χ4v) is 5.48. The minimum atomic E-state index is -3.43. The standard InChI is InChI=1S/C22H27ClN2O3S/c1-2-21(18-8-4-3-5-9-18)24-22(26)19-11-13-25(14-12-19)29(27,28)16-17-7-6-10-20(23)15-17/h3-10,15,19,21H,2,11-14,16H2,1H3,(H,24,26)/t21-/m0/s1. The van der Waals surface area contributed by atoms with Crippen molar-refractivity contribution in [3.05, 3.63) is 70.7 Å². The maximum absolute atomic E-state index is 12.7. The van der Waals surface area contributed by atoms with Crippen LogP contribution in [0.1, 0.15) is 43.4 Å². The number of carbonyl (C=O) groups is 1. The molecule has 2 aromatic carbocycles. The van der Waals surface area contributed by atoms with E-state index in [2.05, 4.69) is 5.32 Å². The van der Waals surface area contributed by atoms with Crippen LogP contribution in [0, 0.1) is 5.92 Å². The van der Waals surface area contributed by atoms with Crippen molar-refractivity contribution in [1.82, 2.24) is 9.62 Å². The SMILES string of the molecule is CC[C@H](NC(=O)C1CCN(S(=O)(=O)Cc2cccc(Cl)c2)CC1)c1ccccc1. The third kappa shape index (κ3) is 5.81. The number of hydrogen-bond donors (Lipinski definition) is 1. The lowest BCUT2D eigenvalue weighted by molar-refractivity contribution is -0.126. The molecular formula is C22H27ClN2O3S. The molecule has 1 atom stereocenters. The van der Waals surface area contributed by atoms with Gasteiger partial charge in [-0.3, -0.25) is 4.79 Å². The first-order chi connectivity index (χ1) is 13.9. The van der Waals surface area contributed by atoms with Gasteiger partial charge in [-0.1, -0.05) is 61.0 Å². The van der Waals surface area contributed by atoms with E-state index in [0.29, 0.717) is 36.5 Å². The minimum Gasteiger partial charge on any atom is -0.349 e. The van der Waals surface area contributed by atoms with Gasteiger partial charge in [0, 0.05) is 24.0 Å². The topological polar surface area (TPSA) is 66.5 Å². The van der Waals surface area contributed by atoms with E-state index in [1.807, 2.05) is 37.3 Å². The molecule has 1 fully saturated rings. The van der Waals surface area contributed by atoms with E-state index in [4.69, 9.17) is 11.6 Å². The van der Waals surface area contributed by atoms with Crippen molar-refractivity contribution < 1.29 is 13.2 Å². The van der Waals surface area contributed by atoms with Crippen LogP contribution in [0.2, 0.25) is 5.02 Å². The summed E-state index contributed by atoms with van der Waals surface area (Å²) in [5.41, 5.74) is 1.76. The summed E-state index contributed by atoms with van der Waals surface area (Å²) < 4.78 is 27.0. The fourth-order valence-electron chi connectivity index (χ4n) is 3.72. The van der Waals surface area contributed by atoms with Gasteiger partial charge in [0.1, 0.15) is 0 Å². The normalized spacial score (nSPS) is 17.0. The van der Waals surface area contributed by atoms with Gasteiger partial charge in [-0.25, -0.2) is 12.7 Å². The number of carbonyl (C=O) groups excluding carboxylic acids is 1. The summed E-state index contributed by atoms with van der Waals surface area (Å²) in [6.07, 6.45) is 1.88. The van der Waals surface area contributed by atoms with E-state index in [1.165, 1.54) is 4.31 Å². The summed E-state index contributed by atoms with van der Waals surface area (Å²) in [6, 6.07) is 16.8. The van der Waals surface area contributed by atoms with Gasteiger partial charge in [-0.15, -0.1) is 0 Å². The predicted molar refractivity (Wildman–Crippen MR) is 116 cm³/mol. The Bertz CT molecular complexity index is 926. The first-order valence-corrected chi connectivity index (χ1v) is 12.0. The Morgan fingerprint density at radius 2 is 1.83 bits per heavy atom. The molecule has 5 nitrogen and oxygen atoms in total. The number of hydrogen-bond acceptors (Lipinski definition) is 3. The number of amides is 1. The van der Waals surface area contributed by atoms with Crippen molar-refractivity contribution in [1.29, 1.82) is 0 Å². The monoisotopic (exact) mass is 434 g/mol. The third-order valence-corrected chi connectivity index (χ3v) is 7.47. The van der Waals surface area contributed by atoms with Crippen molar-refractivity contribution in [2.24, 2.45) is 5.92 Å². The van der Waals surface area contributed by atoms with Crippen LogP contribution >= 0.6 is 11.6 Å². The molecule has 2 aromatic rings. The lowest BCUT2D eigenvalue weighted by atomic mass is 9.96. The number of piperidine rings is 1. The van der Waals surface area contributed by atoms with E-state index in [0.717, 1.165) is 12.0 Å². The Morgan fingerprint density at radius 1 is 1.14 bits per heavy atom. The average molecular weight is 435 g/mol.